The Morgan fingerprint density at radius 1 is 0.806 bits per heavy atom. The Balaban J connectivity index is 1.34. The van der Waals surface area contributed by atoms with Crippen molar-refractivity contribution in [3.8, 4) is 0 Å². The number of aromatic nitrogens is 6. The Hall–Kier alpha value is -3.78. The van der Waals surface area contributed by atoms with Crippen LogP contribution in [0.3, 0.4) is 0 Å². The van der Waals surface area contributed by atoms with Crippen LogP contribution in [0.1, 0.15) is 20.9 Å². The second-order valence-electron chi connectivity index (χ2n) is 8.23. The predicted molar refractivity (Wildman–Crippen MR) is 149 cm³/mol. The summed E-state index contributed by atoms with van der Waals surface area (Å²) in [5.41, 5.74) is 14.2. The Morgan fingerprint density at radius 2 is 1.44 bits per heavy atom. The van der Waals surface area contributed by atoms with Crippen LogP contribution in [0.15, 0.2) is 17.5 Å². The molecule has 4 aromatic heterocycles. The van der Waals surface area contributed by atoms with Crippen molar-refractivity contribution >= 4 is 63.4 Å². The maximum Gasteiger partial charge on any atom is 0.234 e. The SMILES string of the molecule is Cc1sccc1CCNc1nc(N)nc(Nc2cc(CCNc3nc(N)nc(N(C)C)n3)c(C)s2)n1. The summed E-state index contributed by atoms with van der Waals surface area (Å²) in [6, 6.07) is 4.23. The van der Waals surface area contributed by atoms with Gasteiger partial charge in [0.25, 0.3) is 0 Å². The third kappa shape index (κ3) is 6.66. The minimum Gasteiger partial charge on any atom is -0.368 e. The largest absolute Gasteiger partial charge is 0.368 e. The van der Waals surface area contributed by atoms with E-state index in [1.54, 1.807) is 27.6 Å². The summed E-state index contributed by atoms with van der Waals surface area (Å²) in [6.07, 6.45) is 1.67. The van der Waals surface area contributed by atoms with Crippen molar-refractivity contribution in [3.63, 3.8) is 0 Å². The first-order valence-corrected chi connectivity index (χ1v) is 13.0. The Kier molecular flexibility index (Phi) is 7.95. The predicted octanol–water partition coefficient (Wildman–Crippen LogP) is 3.08. The summed E-state index contributed by atoms with van der Waals surface area (Å²) in [6.45, 7) is 5.56. The van der Waals surface area contributed by atoms with E-state index in [0.29, 0.717) is 36.9 Å². The van der Waals surface area contributed by atoms with Crippen LogP contribution in [0, 0.1) is 13.8 Å². The molecule has 0 radical (unpaired) electrons. The van der Waals surface area contributed by atoms with Gasteiger partial charge in [0, 0.05) is 36.9 Å². The van der Waals surface area contributed by atoms with Gasteiger partial charge in [0.1, 0.15) is 0 Å². The molecule has 4 heterocycles. The molecule has 0 fully saturated rings. The number of rotatable bonds is 11. The van der Waals surface area contributed by atoms with Crippen LogP contribution in [0.4, 0.5) is 40.7 Å². The average Bonchev–Trinajstić information content (AvgIpc) is 3.37. The second kappa shape index (κ2) is 11.3. The van der Waals surface area contributed by atoms with Crippen molar-refractivity contribution in [2.24, 2.45) is 0 Å². The normalized spacial score (nSPS) is 10.9. The first kappa shape index (κ1) is 25.3. The smallest absolute Gasteiger partial charge is 0.234 e. The van der Waals surface area contributed by atoms with Crippen molar-refractivity contribution in [3.05, 3.63) is 38.4 Å². The van der Waals surface area contributed by atoms with Gasteiger partial charge in [-0.15, -0.1) is 22.7 Å². The van der Waals surface area contributed by atoms with Crippen molar-refractivity contribution in [1.82, 2.24) is 29.9 Å². The number of hydrogen-bond acceptors (Lipinski definition) is 14. The number of aryl methyl sites for hydroxylation is 2. The summed E-state index contributed by atoms with van der Waals surface area (Å²) in [5, 5.41) is 12.7. The van der Waals surface area contributed by atoms with E-state index in [-0.39, 0.29) is 11.9 Å². The fourth-order valence-corrected chi connectivity index (χ4v) is 5.14. The van der Waals surface area contributed by atoms with Crippen LogP contribution in [0.25, 0.3) is 0 Å². The molecular weight excluding hydrogens is 496 g/mol. The van der Waals surface area contributed by atoms with Gasteiger partial charge in [0.05, 0.1) is 5.00 Å². The van der Waals surface area contributed by atoms with Gasteiger partial charge >= 0.3 is 0 Å². The Labute approximate surface area is 217 Å². The molecule has 190 valence electrons. The zero-order chi connectivity index (χ0) is 25.7. The van der Waals surface area contributed by atoms with Gasteiger partial charge in [0.15, 0.2) is 0 Å². The molecule has 0 aliphatic heterocycles. The molecule has 0 aliphatic rings. The average molecular weight is 527 g/mol. The summed E-state index contributed by atoms with van der Waals surface area (Å²) in [4.78, 5) is 29.8. The lowest BCUT2D eigenvalue weighted by Gasteiger charge is -2.12. The monoisotopic (exact) mass is 526 g/mol. The Morgan fingerprint density at radius 3 is 2.11 bits per heavy atom. The molecule has 36 heavy (non-hydrogen) atoms. The van der Waals surface area contributed by atoms with E-state index < -0.39 is 0 Å². The lowest BCUT2D eigenvalue weighted by molar-refractivity contribution is 0.935. The van der Waals surface area contributed by atoms with Crippen molar-refractivity contribution in [2.45, 2.75) is 26.7 Å². The van der Waals surface area contributed by atoms with Gasteiger partial charge in [-0.2, -0.15) is 29.9 Å². The number of thiophene rings is 2. The molecule has 0 aromatic carbocycles. The zero-order valence-corrected chi connectivity index (χ0v) is 22.3. The topological polar surface area (TPSA) is 169 Å². The fraction of sp³-hybridized carbons (Fsp3) is 0.364. The van der Waals surface area contributed by atoms with Crippen LogP contribution < -0.4 is 32.3 Å². The minimum absolute atomic E-state index is 0.160. The number of nitrogens with zero attached hydrogens (tertiary/aromatic N) is 7. The highest BCUT2D eigenvalue weighted by atomic mass is 32.1. The maximum absolute atomic E-state index is 5.93. The lowest BCUT2D eigenvalue weighted by Crippen LogP contribution is -2.17. The van der Waals surface area contributed by atoms with E-state index in [1.807, 2.05) is 14.1 Å². The number of hydrogen-bond donors (Lipinski definition) is 5. The molecule has 4 aromatic rings. The number of anilines is 7. The van der Waals surface area contributed by atoms with E-state index >= 15 is 0 Å². The van der Waals surface area contributed by atoms with E-state index in [9.17, 15) is 0 Å². The Bertz CT molecular complexity index is 1320. The van der Waals surface area contributed by atoms with E-state index in [1.165, 1.54) is 20.9 Å². The second-order valence-corrected chi connectivity index (χ2v) is 10.6. The first-order valence-electron chi connectivity index (χ1n) is 11.3. The molecule has 0 unspecified atom stereocenters. The highest BCUT2D eigenvalue weighted by molar-refractivity contribution is 7.16. The van der Waals surface area contributed by atoms with Gasteiger partial charge < -0.3 is 32.3 Å². The molecule has 0 atom stereocenters. The van der Waals surface area contributed by atoms with Crippen LogP contribution in [-0.4, -0.2) is 57.1 Å². The maximum atomic E-state index is 5.93. The number of nitrogen functional groups attached to an aromatic ring is 2. The molecule has 12 nitrogen and oxygen atoms in total. The van der Waals surface area contributed by atoms with Gasteiger partial charge in [-0.25, -0.2) is 0 Å². The third-order valence-corrected chi connectivity index (χ3v) is 7.17. The summed E-state index contributed by atoms with van der Waals surface area (Å²) in [7, 11) is 3.71. The molecule has 0 bridgehead atoms. The molecule has 0 saturated heterocycles. The van der Waals surface area contributed by atoms with E-state index in [2.05, 4.69) is 77.2 Å². The molecular formula is C22H30N12S2. The quantitative estimate of drug-likeness (QED) is 0.194. The molecule has 7 N–H and O–H groups in total. The molecule has 0 spiro atoms. The van der Waals surface area contributed by atoms with Crippen molar-refractivity contribution in [1.29, 1.82) is 0 Å². The molecule has 0 aliphatic carbocycles. The highest BCUT2D eigenvalue weighted by Crippen LogP contribution is 2.29. The summed E-state index contributed by atoms with van der Waals surface area (Å²) in [5.74, 6) is 2.15. The van der Waals surface area contributed by atoms with Gasteiger partial charge in [0.2, 0.25) is 35.7 Å². The summed E-state index contributed by atoms with van der Waals surface area (Å²) < 4.78 is 0. The number of nitrogens with two attached hydrogens (primary N) is 2. The van der Waals surface area contributed by atoms with Crippen LogP contribution in [0.5, 0.6) is 0 Å². The van der Waals surface area contributed by atoms with E-state index in [0.717, 1.165) is 17.8 Å². The number of nitrogens with one attached hydrogen (secondary N) is 3. The molecule has 0 saturated carbocycles. The van der Waals surface area contributed by atoms with Gasteiger partial charge in [-0.1, -0.05) is 0 Å². The van der Waals surface area contributed by atoms with Crippen molar-refractivity contribution in [2.75, 3.05) is 59.5 Å². The minimum atomic E-state index is 0.160. The highest BCUT2D eigenvalue weighted by Gasteiger charge is 2.11. The first-order chi connectivity index (χ1) is 17.3. The van der Waals surface area contributed by atoms with Crippen LogP contribution in [-0.2, 0) is 12.8 Å². The molecule has 14 heteroatoms. The van der Waals surface area contributed by atoms with Crippen LogP contribution >= 0.6 is 22.7 Å². The standard InChI is InChI=1S/C22H30N12S2/c1-12-14(7-10-35-12)5-8-25-19-28-17(23)30-21(32-19)27-16-11-15(13(2)36-16)6-9-26-20-29-18(24)31-22(33-20)34(3)4/h7,10-11H,5-6,8-9H2,1-4H3,(H3,24,26,29,31,33)(H4,23,25,27,28,30,32). The molecule has 4 rings (SSSR count). The van der Waals surface area contributed by atoms with Crippen molar-refractivity contribution < 1.29 is 0 Å². The summed E-state index contributed by atoms with van der Waals surface area (Å²) >= 11 is 3.37. The van der Waals surface area contributed by atoms with Gasteiger partial charge in [-0.3, -0.25) is 0 Å². The third-order valence-electron chi connectivity index (χ3n) is 5.27. The van der Waals surface area contributed by atoms with E-state index in [4.69, 9.17) is 11.5 Å². The van der Waals surface area contributed by atoms with Crippen LogP contribution in [0.2, 0.25) is 0 Å². The zero-order valence-electron chi connectivity index (χ0n) is 20.7. The lowest BCUT2D eigenvalue weighted by atomic mass is 10.2. The molecule has 0 amide bonds. The van der Waals surface area contributed by atoms with Gasteiger partial charge in [-0.05, 0) is 55.3 Å². The fourth-order valence-electron chi connectivity index (χ4n) is 3.42.